The van der Waals surface area contributed by atoms with Crippen LogP contribution in [0.2, 0.25) is 0 Å². The first-order valence-electron chi connectivity index (χ1n) is 7.36. The van der Waals surface area contributed by atoms with Gasteiger partial charge in [0.2, 0.25) is 5.91 Å². The van der Waals surface area contributed by atoms with Crippen molar-refractivity contribution in [3.63, 3.8) is 0 Å². The van der Waals surface area contributed by atoms with Gasteiger partial charge < -0.3 is 9.64 Å². The second-order valence-corrected chi connectivity index (χ2v) is 6.72. The Hall–Kier alpha value is -0.590. The van der Waals surface area contributed by atoms with Crippen molar-refractivity contribution in [1.29, 1.82) is 0 Å². The molecule has 2 heterocycles. The normalized spacial score (nSPS) is 24.4. The topological polar surface area (TPSA) is 49.9 Å². The molecule has 0 saturated carbocycles. The molecule has 1 atom stereocenters. The van der Waals surface area contributed by atoms with E-state index < -0.39 is 0 Å². The van der Waals surface area contributed by atoms with E-state index in [0.717, 1.165) is 58.1 Å². The average Bonchev–Trinajstić information content (AvgIpc) is 2.78. The fourth-order valence-corrected chi connectivity index (χ4v) is 3.42. The van der Waals surface area contributed by atoms with E-state index in [1.165, 1.54) is 11.8 Å². The predicted octanol–water partition coefficient (Wildman–Crippen LogP) is 0.837. The molecule has 5 nitrogen and oxygen atoms in total. The molecule has 0 aromatic heterocycles. The van der Waals surface area contributed by atoms with Gasteiger partial charge in [-0.1, -0.05) is 11.8 Å². The molecule has 0 aromatic carbocycles. The molecule has 20 heavy (non-hydrogen) atoms. The Bertz CT molecular complexity index is 345. The SMILES string of the molecule is CC(=O)SCC1CC(=O)N(CCCN2CCOCC2)C1. The first kappa shape index (κ1) is 15.8. The quantitative estimate of drug-likeness (QED) is 0.727. The molecule has 0 radical (unpaired) electrons. The Kier molecular flexibility index (Phi) is 6.32. The minimum atomic E-state index is 0.142. The zero-order chi connectivity index (χ0) is 14.4. The number of carbonyl (C=O) groups excluding carboxylic acids is 2. The number of amides is 1. The number of carbonyl (C=O) groups is 2. The standard InChI is InChI=1S/C14H24N2O3S/c1-12(17)20-11-13-9-14(18)16(10-13)4-2-3-15-5-7-19-8-6-15/h13H,2-11H2,1H3. The molecule has 2 fully saturated rings. The molecule has 0 bridgehead atoms. The first-order valence-corrected chi connectivity index (χ1v) is 8.35. The lowest BCUT2D eigenvalue weighted by molar-refractivity contribution is -0.127. The molecule has 6 heteroatoms. The molecular weight excluding hydrogens is 276 g/mol. The van der Waals surface area contributed by atoms with Crippen molar-refractivity contribution in [2.75, 3.05) is 51.7 Å². The van der Waals surface area contributed by atoms with Crippen molar-refractivity contribution in [1.82, 2.24) is 9.80 Å². The maximum absolute atomic E-state index is 11.9. The van der Waals surface area contributed by atoms with Crippen LogP contribution in [0, 0.1) is 5.92 Å². The van der Waals surface area contributed by atoms with Gasteiger partial charge in [-0.05, 0) is 12.3 Å². The number of nitrogens with zero attached hydrogens (tertiary/aromatic N) is 2. The third-order valence-corrected chi connectivity index (χ3v) is 4.87. The van der Waals surface area contributed by atoms with E-state index >= 15 is 0 Å². The molecule has 1 amide bonds. The zero-order valence-corrected chi connectivity index (χ0v) is 13.0. The Morgan fingerprint density at radius 3 is 2.80 bits per heavy atom. The molecule has 2 aliphatic rings. The molecule has 114 valence electrons. The lowest BCUT2D eigenvalue weighted by Crippen LogP contribution is -2.38. The molecule has 0 N–H and O–H groups in total. The highest BCUT2D eigenvalue weighted by atomic mass is 32.2. The lowest BCUT2D eigenvalue weighted by Gasteiger charge is -2.27. The maximum Gasteiger partial charge on any atom is 0.222 e. The highest BCUT2D eigenvalue weighted by Gasteiger charge is 2.29. The van der Waals surface area contributed by atoms with Crippen LogP contribution in [0.15, 0.2) is 0 Å². The molecule has 2 aliphatic heterocycles. The molecule has 2 rings (SSSR count). The Morgan fingerprint density at radius 1 is 1.35 bits per heavy atom. The van der Waals surface area contributed by atoms with Crippen molar-refractivity contribution in [2.45, 2.75) is 19.8 Å². The number of ether oxygens (including phenoxy) is 1. The van der Waals surface area contributed by atoms with E-state index in [9.17, 15) is 9.59 Å². The van der Waals surface area contributed by atoms with Gasteiger partial charge in [0.05, 0.1) is 13.2 Å². The third kappa shape index (κ3) is 5.07. The van der Waals surface area contributed by atoms with Crippen LogP contribution in [0.5, 0.6) is 0 Å². The molecule has 0 spiro atoms. The number of morpholine rings is 1. The highest BCUT2D eigenvalue weighted by molar-refractivity contribution is 8.13. The van der Waals surface area contributed by atoms with Gasteiger partial charge in [-0.3, -0.25) is 14.5 Å². The van der Waals surface area contributed by atoms with Gasteiger partial charge >= 0.3 is 0 Å². The summed E-state index contributed by atoms with van der Waals surface area (Å²) in [6.45, 7) is 7.96. The van der Waals surface area contributed by atoms with Crippen LogP contribution in [0.4, 0.5) is 0 Å². The summed E-state index contributed by atoms with van der Waals surface area (Å²) in [6.07, 6.45) is 1.64. The van der Waals surface area contributed by atoms with E-state index in [4.69, 9.17) is 4.74 Å². The molecular formula is C14H24N2O3S. The molecule has 0 aromatic rings. The van der Waals surface area contributed by atoms with E-state index in [-0.39, 0.29) is 11.0 Å². The monoisotopic (exact) mass is 300 g/mol. The minimum Gasteiger partial charge on any atom is -0.379 e. The largest absolute Gasteiger partial charge is 0.379 e. The summed E-state index contributed by atoms with van der Waals surface area (Å²) in [5.74, 6) is 1.38. The van der Waals surface area contributed by atoms with E-state index in [1.54, 1.807) is 6.92 Å². The van der Waals surface area contributed by atoms with Crippen molar-refractivity contribution < 1.29 is 14.3 Å². The van der Waals surface area contributed by atoms with Crippen LogP contribution in [0.25, 0.3) is 0 Å². The molecule has 2 saturated heterocycles. The average molecular weight is 300 g/mol. The third-order valence-electron chi connectivity index (χ3n) is 3.82. The van der Waals surface area contributed by atoms with Crippen molar-refractivity contribution in [3.8, 4) is 0 Å². The Labute approximate surface area is 125 Å². The fourth-order valence-electron chi connectivity index (χ4n) is 2.73. The summed E-state index contributed by atoms with van der Waals surface area (Å²) >= 11 is 1.34. The van der Waals surface area contributed by atoms with E-state index in [2.05, 4.69) is 4.90 Å². The number of rotatable bonds is 6. The van der Waals surface area contributed by atoms with Crippen molar-refractivity contribution >= 4 is 22.8 Å². The fraction of sp³-hybridized carbons (Fsp3) is 0.857. The Morgan fingerprint density at radius 2 is 2.10 bits per heavy atom. The first-order chi connectivity index (χ1) is 9.65. The van der Waals surface area contributed by atoms with Crippen LogP contribution in [-0.4, -0.2) is 72.5 Å². The highest BCUT2D eigenvalue weighted by Crippen LogP contribution is 2.22. The summed E-state index contributed by atoms with van der Waals surface area (Å²) in [4.78, 5) is 27.2. The van der Waals surface area contributed by atoms with Crippen LogP contribution >= 0.6 is 11.8 Å². The van der Waals surface area contributed by atoms with Gasteiger partial charge in [0.25, 0.3) is 0 Å². The second-order valence-electron chi connectivity index (χ2n) is 5.52. The summed E-state index contributed by atoms with van der Waals surface area (Å²) in [5.41, 5.74) is 0. The summed E-state index contributed by atoms with van der Waals surface area (Å²) in [6, 6.07) is 0. The van der Waals surface area contributed by atoms with Crippen molar-refractivity contribution in [2.24, 2.45) is 5.92 Å². The summed E-state index contributed by atoms with van der Waals surface area (Å²) in [7, 11) is 0. The van der Waals surface area contributed by atoms with Gasteiger partial charge in [-0.25, -0.2) is 0 Å². The van der Waals surface area contributed by atoms with Crippen molar-refractivity contribution in [3.05, 3.63) is 0 Å². The van der Waals surface area contributed by atoms with Gasteiger partial charge in [0.15, 0.2) is 5.12 Å². The van der Waals surface area contributed by atoms with Crippen LogP contribution < -0.4 is 0 Å². The second kappa shape index (κ2) is 8.00. The number of likely N-dealkylation sites (tertiary alicyclic amines) is 1. The molecule has 1 unspecified atom stereocenters. The maximum atomic E-state index is 11.9. The zero-order valence-electron chi connectivity index (χ0n) is 12.2. The molecule has 0 aliphatic carbocycles. The van der Waals surface area contributed by atoms with Gasteiger partial charge in [-0.2, -0.15) is 0 Å². The Balaban J connectivity index is 1.62. The smallest absolute Gasteiger partial charge is 0.222 e. The number of thioether (sulfide) groups is 1. The number of hydrogen-bond acceptors (Lipinski definition) is 5. The predicted molar refractivity (Wildman–Crippen MR) is 79.7 cm³/mol. The van der Waals surface area contributed by atoms with Gasteiger partial charge in [0.1, 0.15) is 0 Å². The van der Waals surface area contributed by atoms with E-state index in [0.29, 0.717) is 12.3 Å². The lowest BCUT2D eigenvalue weighted by atomic mass is 10.1. The summed E-state index contributed by atoms with van der Waals surface area (Å²) < 4.78 is 5.32. The van der Waals surface area contributed by atoms with Crippen LogP contribution in [-0.2, 0) is 14.3 Å². The number of hydrogen-bond donors (Lipinski definition) is 0. The van der Waals surface area contributed by atoms with Crippen LogP contribution in [0.3, 0.4) is 0 Å². The minimum absolute atomic E-state index is 0.142. The van der Waals surface area contributed by atoms with Gasteiger partial charge in [-0.15, -0.1) is 0 Å². The van der Waals surface area contributed by atoms with Gasteiger partial charge in [0, 0.05) is 51.8 Å². The summed E-state index contributed by atoms with van der Waals surface area (Å²) in [5, 5.41) is 0.142. The van der Waals surface area contributed by atoms with E-state index in [1.807, 2.05) is 4.90 Å². The van der Waals surface area contributed by atoms with Crippen LogP contribution in [0.1, 0.15) is 19.8 Å².